The maximum Gasteiger partial charge on any atom is 0.316 e. The summed E-state index contributed by atoms with van der Waals surface area (Å²) >= 11 is 3.43. The van der Waals surface area contributed by atoms with Gasteiger partial charge in [0.1, 0.15) is 0 Å². The molecule has 0 radical (unpaired) electrons. The van der Waals surface area contributed by atoms with Crippen molar-refractivity contribution < 1.29 is 9.59 Å². The first kappa shape index (κ1) is 18.7. The molecule has 0 fully saturated rings. The number of carbonyl (C=O) groups is 2. The number of amides is 3. The molecule has 27 heavy (non-hydrogen) atoms. The van der Waals surface area contributed by atoms with Crippen LogP contribution in [0.5, 0.6) is 0 Å². The fourth-order valence-corrected chi connectivity index (χ4v) is 3.26. The number of hydrogen-bond acceptors (Lipinski definition) is 2. The highest BCUT2D eigenvalue weighted by Crippen LogP contribution is 2.24. The molecule has 0 unspecified atom stereocenters. The number of aromatic nitrogens is 1. The van der Waals surface area contributed by atoms with E-state index in [1.54, 1.807) is 24.3 Å². The Hall–Kier alpha value is -3.06. The Labute approximate surface area is 165 Å². The van der Waals surface area contributed by atoms with Crippen LogP contribution in [0.1, 0.15) is 21.7 Å². The van der Waals surface area contributed by atoms with Gasteiger partial charge in [-0.1, -0.05) is 22.0 Å². The van der Waals surface area contributed by atoms with E-state index in [4.69, 9.17) is 5.73 Å². The van der Waals surface area contributed by atoms with Crippen LogP contribution >= 0.6 is 15.9 Å². The highest BCUT2D eigenvalue weighted by atomic mass is 79.9. The van der Waals surface area contributed by atoms with Crippen LogP contribution in [0.2, 0.25) is 0 Å². The Morgan fingerprint density at radius 1 is 0.963 bits per heavy atom. The summed E-state index contributed by atoms with van der Waals surface area (Å²) < 4.78 is 3.03. The quantitative estimate of drug-likeness (QED) is 0.568. The zero-order valence-electron chi connectivity index (χ0n) is 14.9. The molecular formula is C20H19BrN4O2. The lowest BCUT2D eigenvalue weighted by molar-refractivity contribution is 0.102. The predicted molar refractivity (Wildman–Crippen MR) is 111 cm³/mol. The van der Waals surface area contributed by atoms with Crippen molar-refractivity contribution in [3.8, 4) is 5.69 Å². The maximum absolute atomic E-state index is 12.8. The van der Waals surface area contributed by atoms with Gasteiger partial charge in [0.15, 0.2) is 0 Å². The number of aryl methyl sites for hydroxylation is 1. The van der Waals surface area contributed by atoms with Gasteiger partial charge in [-0.3, -0.25) is 4.79 Å². The highest BCUT2D eigenvalue weighted by molar-refractivity contribution is 9.10. The van der Waals surface area contributed by atoms with Crippen LogP contribution < -0.4 is 16.4 Å². The second-order valence-electron chi connectivity index (χ2n) is 6.12. The summed E-state index contributed by atoms with van der Waals surface area (Å²) in [6.07, 6.45) is 0. The van der Waals surface area contributed by atoms with Crippen LogP contribution in [-0.2, 0) is 0 Å². The monoisotopic (exact) mass is 426 g/mol. The number of halogens is 1. The number of rotatable bonds is 4. The normalized spacial score (nSPS) is 10.5. The van der Waals surface area contributed by atoms with E-state index in [0.717, 1.165) is 21.5 Å². The maximum atomic E-state index is 12.8. The number of hydrogen-bond donors (Lipinski definition) is 3. The minimum absolute atomic E-state index is 0.220. The van der Waals surface area contributed by atoms with E-state index in [0.29, 0.717) is 16.9 Å². The van der Waals surface area contributed by atoms with Crippen LogP contribution in [0.3, 0.4) is 0 Å². The molecule has 7 heteroatoms. The van der Waals surface area contributed by atoms with E-state index in [9.17, 15) is 9.59 Å². The van der Waals surface area contributed by atoms with Crippen molar-refractivity contribution in [3.05, 3.63) is 76.0 Å². The molecule has 1 aromatic heterocycles. The standard InChI is InChI=1S/C20H19BrN4O2/c1-12-10-18(13(2)25(12)17-8-6-14(21)7-9-17)19(26)23-15-4-3-5-16(11-15)24-20(22)27/h3-11H,1-2H3,(H,23,26)(H3,22,24,27). The molecule has 138 valence electrons. The first-order valence-corrected chi connectivity index (χ1v) is 9.07. The third-order valence-corrected chi connectivity index (χ3v) is 4.68. The molecule has 0 bridgehead atoms. The van der Waals surface area contributed by atoms with Crippen LogP contribution in [0, 0.1) is 13.8 Å². The lowest BCUT2D eigenvalue weighted by Crippen LogP contribution is -2.19. The molecule has 3 aromatic rings. The second kappa shape index (κ2) is 7.67. The third-order valence-electron chi connectivity index (χ3n) is 4.15. The molecule has 0 saturated carbocycles. The number of nitrogens with one attached hydrogen (secondary N) is 2. The van der Waals surface area contributed by atoms with Gasteiger partial charge < -0.3 is 20.9 Å². The van der Waals surface area contributed by atoms with Crippen molar-refractivity contribution in [2.24, 2.45) is 5.73 Å². The largest absolute Gasteiger partial charge is 0.351 e. The lowest BCUT2D eigenvalue weighted by atomic mass is 10.2. The molecule has 0 aliphatic heterocycles. The molecule has 0 atom stereocenters. The van der Waals surface area contributed by atoms with Crippen molar-refractivity contribution >= 4 is 39.2 Å². The van der Waals surface area contributed by atoms with Crippen LogP contribution in [0.15, 0.2) is 59.1 Å². The summed E-state index contributed by atoms with van der Waals surface area (Å²) in [6.45, 7) is 3.87. The molecule has 3 amide bonds. The molecule has 0 aliphatic rings. The lowest BCUT2D eigenvalue weighted by Gasteiger charge is -2.11. The molecule has 4 N–H and O–H groups in total. The number of urea groups is 1. The van der Waals surface area contributed by atoms with E-state index < -0.39 is 6.03 Å². The van der Waals surface area contributed by atoms with Gasteiger partial charge in [-0.2, -0.15) is 0 Å². The third kappa shape index (κ3) is 4.20. The smallest absolute Gasteiger partial charge is 0.316 e. The summed E-state index contributed by atoms with van der Waals surface area (Å²) in [4.78, 5) is 23.8. The van der Waals surface area contributed by atoms with Crippen molar-refractivity contribution in [2.45, 2.75) is 13.8 Å². The van der Waals surface area contributed by atoms with E-state index in [1.165, 1.54) is 0 Å². The van der Waals surface area contributed by atoms with Gasteiger partial charge in [-0.05, 0) is 62.4 Å². The number of nitrogens with two attached hydrogens (primary N) is 1. The van der Waals surface area contributed by atoms with Crippen molar-refractivity contribution in [1.29, 1.82) is 0 Å². The van der Waals surface area contributed by atoms with Gasteiger partial charge in [-0.25, -0.2) is 4.79 Å². The minimum atomic E-state index is -0.656. The first-order valence-electron chi connectivity index (χ1n) is 8.28. The Kier molecular flexibility index (Phi) is 5.32. The van der Waals surface area contributed by atoms with E-state index in [2.05, 4.69) is 26.6 Å². The second-order valence-corrected chi connectivity index (χ2v) is 7.04. The molecule has 0 aliphatic carbocycles. The average molecular weight is 427 g/mol. The summed E-state index contributed by atoms with van der Waals surface area (Å²) in [5.74, 6) is -0.220. The zero-order chi connectivity index (χ0) is 19.6. The number of primary amides is 1. The summed E-state index contributed by atoms with van der Waals surface area (Å²) in [6, 6.07) is 15.9. The van der Waals surface area contributed by atoms with Gasteiger partial charge in [0, 0.05) is 32.9 Å². The SMILES string of the molecule is Cc1cc(C(=O)Nc2cccc(NC(N)=O)c2)c(C)n1-c1ccc(Br)cc1. The first-order chi connectivity index (χ1) is 12.8. The molecule has 3 rings (SSSR count). The number of nitrogens with zero attached hydrogens (tertiary/aromatic N) is 1. The molecule has 0 saturated heterocycles. The van der Waals surface area contributed by atoms with Crippen LogP contribution in [0.25, 0.3) is 5.69 Å². The topological polar surface area (TPSA) is 89.2 Å². The average Bonchev–Trinajstić information content (AvgIpc) is 2.90. The summed E-state index contributed by atoms with van der Waals surface area (Å²) in [5, 5.41) is 5.35. The Morgan fingerprint density at radius 3 is 2.22 bits per heavy atom. The fraction of sp³-hybridized carbons (Fsp3) is 0.100. The number of anilines is 2. The predicted octanol–water partition coefficient (Wildman–Crippen LogP) is 4.60. The van der Waals surface area contributed by atoms with Crippen LogP contribution in [-0.4, -0.2) is 16.5 Å². The molecule has 0 spiro atoms. The Bertz CT molecular complexity index is 1010. The van der Waals surface area contributed by atoms with Crippen molar-refractivity contribution in [1.82, 2.24) is 4.57 Å². The van der Waals surface area contributed by atoms with E-state index >= 15 is 0 Å². The van der Waals surface area contributed by atoms with Gasteiger partial charge in [-0.15, -0.1) is 0 Å². The zero-order valence-corrected chi connectivity index (χ0v) is 16.5. The number of carbonyl (C=O) groups excluding carboxylic acids is 2. The summed E-state index contributed by atoms with van der Waals surface area (Å²) in [5.41, 5.74) is 9.59. The van der Waals surface area contributed by atoms with Gasteiger partial charge in [0.2, 0.25) is 0 Å². The van der Waals surface area contributed by atoms with Crippen LogP contribution in [0.4, 0.5) is 16.2 Å². The van der Waals surface area contributed by atoms with E-state index in [1.807, 2.05) is 48.7 Å². The minimum Gasteiger partial charge on any atom is -0.351 e. The highest BCUT2D eigenvalue weighted by Gasteiger charge is 2.17. The van der Waals surface area contributed by atoms with Crippen molar-refractivity contribution in [2.75, 3.05) is 10.6 Å². The summed E-state index contributed by atoms with van der Waals surface area (Å²) in [7, 11) is 0. The molecule has 1 heterocycles. The van der Waals surface area contributed by atoms with Gasteiger partial charge in [0.25, 0.3) is 5.91 Å². The van der Waals surface area contributed by atoms with Gasteiger partial charge >= 0.3 is 6.03 Å². The molecular weight excluding hydrogens is 408 g/mol. The fourth-order valence-electron chi connectivity index (χ4n) is 3.00. The van der Waals surface area contributed by atoms with E-state index in [-0.39, 0.29) is 5.91 Å². The van der Waals surface area contributed by atoms with Gasteiger partial charge in [0.05, 0.1) is 5.56 Å². The number of benzene rings is 2. The Morgan fingerprint density at radius 2 is 1.59 bits per heavy atom. The molecule has 6 nitrogen and oxygen atoms in total. The Balaban J connectivity index is 1.87. The molecule has 2 aromatic carbocycles. The van der Waals surface area contributed by atoms with Crippen molar-refractivity contribution in [3.63, 3.8) is 0 Å².